The van der Waals surface area contributed by atoms with Crippen molar-refractivity contribution in [1.82, 2.24) is 5.32 Å². The Hall–Kier alpha value is -1.06. The van der Waals surface area contributed by atoms with Crippen molar-refractivity contribution in [2.45, 2.75) is 32.4 Å². The second-order valence-electron chi connectivity index (χ2n) is 4.93. The molecular formula is C15H24N2O. The monoisotopic (exact) mass is 248 g/mol. The summed E-state index contributed by atoms with van der Waals surface area (Å²) in [7, 11) is 0. The van der Waals surface area contributed by atoms with Crippen LogP contribution in [0, 0.1) is 0 Å². The smallest absolute Gasteiger partial charge is 0.0621 e. The van der Waals surface area contributed by atoms with Crippen molar-refractivity contribution in [1.29, 1.82) is 0 Å². The van der Waals surface area contributed by atoms with Gasteiger partial charge in [-0.05, 0) is 32.4 Å². The van der Waals surface area contributed by atoms with Crippen LogP contribution in [0.4, 0.5) is 5.69 Å². The number of para-hydroxylation sites is 1. The molecule has 1 N–H and O–H groups in total. The van der Waals surface area contributed by atoms with Crippen molar-refractivity contribution >= 4 is 5.69 Å². The van der Waals surface area contributed by atoms with Crippen LogP contribution in [-0.2, 0) is 4.74 Å². The molecule has 3 nitrogen and oxygen atoms in total. The van der Waals surface area contributed by atoms with E-state index in [-0.39, 0.29) is 0 Å². The molecule has 3 heteroatoms. The molecule has 2 unspecified atom stereocenters. The quantitative estimate of drug-likeness (QED) is 0.865. The summed E-state index contributed by atoms with van der Waals surface area (Å²) in [4.78, 5) is 2.45. The van der Waals surface area contributed by atoms with Crippen LogP contribution in [-0.4, -0.2) is 38.4 Å². The number of nitrogens with zero attached hydrogens (tertiary/aromatic N) is 1. The highest BCUT2D eigenvalue weighted by molar-refractivity contribution is 5.46. The number of anilines is 1. The number of rotatable bonds is 5. The molecule has 2 rings (SSSR count). The van der Waals surface area contributed by atoms with E-state index < -0.39 is 0 Å². The molecule has 0 saturated carbocycles. The largest absolute Gasteiger partial charge is 0.379 e. The van der Waals surface area contributed by atoms with Crippen LogP contribution in [0.25, 0.3) is 0 Å². The van der Waals surface area contributed by atoms with Crippen LogP contribution in [0.5, 0.6) is 0 Å². The Morgan fingerprint density at radius 3 is 2.78 bits per heavy atom. The van der Waals surface area contributed by atoms with E-state index in [1.165, 1.54) is 5.69 Å². The normalized spacial score (nSPS) is 21.6. The minimum absolute atomic E-state index is 0.492. The number of hydrogen-bond donors (Lipinski definition) is 1. The fourth-order valence-corrected chi connectivity index (χ4v) is 2.68. The highest BCUT2D eigenvalue weighted by Crippen LogP contribution is 2.19. The van der Waals surface area contributed by atoms with Crippen molar-refractivity contribution < 1.29 is 4.74 Å². The van der Waals surface area contributed by atoms with Crippen molar-refractivity contribution in [2.24, 2.45) is 0 Å². The lowest BCUT2D eigenvalue weighted by Gasteiger charge is -2.34. The lowest BCUT2D eigenvalue weighted by Crippen LogP contribution is -2.46. The van der Waals surface area contributed by atoms with Crippen LogP contribution in [0.2, 0.25) is 0 Å². The molecule has 100 valence electrons. The summed E-state index contributed by atoms with van der Waals surface area (Å²) in [6.07, 6.45) is 1.13. The maximum Gasteiger partial charge on any atom is 0.0621 e. The molecule has 1 aliphatic rings. The topological polar surface area (TPSA) is 24.5 Å². The molecular weight excluding hydrogens is 224 g/mol. The van der Waals surface area contributed by atoms with Crippen LogP contribution < -0.4 is 10.2 Å². The van der Waals surface area contributed by atoms with Crippen molar-refractivity contribution in [2.75, 3.05) is 31.2 Å². The SMILES string of the molecule is CCN(c1ccccc1)C(C)CC1COCCN1. The highest BCUT2D eigenvalue weighted by atomic mass is 16.5. The fourth-order valence-electron chi connectivity index (χ4n) is 2.68. The number of ether oxygens (including phenoxy) is 1. The Morgan fingerprint density at radius 1 is 1.39 bits per heavy atom. The maximum absolute atomic E-state index is 5.52. The molecule has 1 aromatic rings. The van der Waals surface area contributed by atoms with Gasteiger partial charge in [-0.3, -0.25) is 0 Å². The third kappa shape index (κ3) is 3.47. The second-order valence-corrected chi connectivity index (χ2v) is 4.93. The third-order valence-corrected chi connectivity index (χ3v) is 3.58. The van der Waals surface area contributed by atoms with Gasteiger partial charge in [-0.1, -0.05) is 18.2 Å². The fraction of sp³-hybridized carbons (Fsp3) is 0.600. The predicted molar refractivity (Wildman–Crippen MR) is 76.2 cm³/mol. The molecule has 0 aromatic heterocycles. The molecule has 0 bridgehead atoms. The van der Waals surface area contributed by atoms with Gasteiger partial charge in [-0.25, -0.2) is 0 Å². The number of morpholine rings is 1. The standard InChI is InChI=1S/C15H24N2O/c1-3-17(15-7-5-4-6-8-15)13(2)11-14-12-18-10-9-16-14/h4-8,13-14,16H,3,9-12H2,1-2H3. The van der Waals surface area contributed by atoms with E-state index in [1.807, 2.05) is 0 Å². The molecule has 0 amide bonds. The Kier molecular flexibility index (Phi) is 5.02. The zero-order valence-corrected chi connectivity index (χ0v) is 11.4. The van der Waals surface area contributed by atoms with E-state index in [9.17, 15) is 0 Å². The van der Waals surface area contributed by atoms with E-state index in [0.29, 0.717) is 12.1 Å². The average Bonchev–Trinajstić information content (AvgIpc) is 2.42. The molecule has 0 radical (unpaired) electrons. The minimum atomic E-state index is 0.492. The molecule has 2 atom stereocenters. The van der Waals surface area contributed by atoms with Crippen LogP contribution in [0.1, 0.15) is 20.3 Å². The van der Waals surface area contributed by atoms with Gasteiger partial charge in [0.1, 0.15) is 0 Å². The van der Waals surface area contributed by atoms with Gasteiger partial charge in [-0.15, -0.1) is 0 Å². The van der Waals surface area contributed by atoms with Gasteiger partial charge in [0.15, 0.2) is 0 Å². The third-order valence-electron chi connectivity index (χ3n) is 3.58. The van der Waals surface area contributed by atoms with Gasteiger partial charge in [0.25, 0.3) is 0 Å². The Morgan fingerprint density at radius 2 is 2.17 bits per heavy atom. The van der Waals surface area contributed by atoms with Gasteiger partial charge in [0.2, 0.25) is 0 Å². The van der Waals surface area contributed by atoms with E-state index in [0.717, 1.165) is 32.7 Å². The van der Waals surface area contributed by atoms with Gasteiger partial charge in [0.05, 0.1) is 13.2 Å². The van der Waals surface area contributed by atoms with Crippen molar-refractivity contribution in [3.63, 3.8) is 0 Å². The van der Waals surface area contributed by atoms with Gasteiger partial charge >= 0.3 is 0 Å². The lowest BCUT2D eigenvalue weighted by atomic mass is 10.1. The average molecular weight is 248 g/mol. The van der Waals surface area contributed by atoms with Gasteiger partial charge < -0.3 is 15.0 Å². The van der Waals surface area contributed by atoms with Crippen LogP contribution in [0.3, 0.4) is 0 Å². The number of benzene rings is 1. The second kappa shape index (κ2) is 6.76. The summed E-state index contributed by atoms with van der Waals surface area (Å²) in [5, 5.41) is 3.53. The van der Waals surface area contributed by atoms with Crippen LogP contribution >= 0.6 is 0 Å². The minimum Gasteiger partial charge on any atom is -0.379 e. The molecule has 1 heterocycles. The first-order valence-electron chi connectivity index (χ1n) is 6.94. The maximum atomic E-state index is 5.52. The summed E-state index contributed by atoms with van der Waals surface area (Å²) in [5.74, 6) is 0. The molecule has 1 aliphatic heterocycles. The summed E-state index contributed by atoms with van der Waals surface area (Å²) in [6.45, 7) is 8.23. The zero-order chi connectivity index (χ0) is 12.8. The Labute approximate surface area is 110 Å². The van der Waals surface area contributed by atoms with Crippen molar-refractivity contribution in [3.05, 3.63) is 30.3 Å². The Balaban J connectivity index is 1.94. The van der Waals surface area contributed by atoms with Gasteiger partial charge in [0, 0.05) is 30.9 Å². The molecule has 1 aromatic carbocycles. The molecule has 1 fully saturated rings. The van der Waals surface area contributed by atoms with E-state index in [2.05, 4.69) is 54.4 Å². The lowest BCUT2D eigenvalue weighted by molar-refractivity contribution is 0.0722. The van der Waals surface area contributed by atoms with Crippen LogP contribution in [0.15, 0.2) is 30.3 Å². The summed E-state index contributed by atoms with van der Waals surface area (Å²) in [5.41, 5.74) is 1.31. The first-order valence-corrected chi connectivity index (χ1v) is 6.94. The van der Waals surface area contributed by atoms with E-state index in [1.54, 1.807) is 0 Å². The van der Waals surface area contributed by atoms with E-state index >= 15 is 0 Å². The summed E-state index contributed by atoms with van der Waals surface area (Å²) in [6, 6.07) is 11.7. The Bertz CT molecular complexity index is 336. The number of nitrogens with one attached hydrogen (secondary N) is 1. The first-order chi connectivity index (χ1) is 8.81. The predicted octanol–water partition coefficient (Wildman–Crippen LogP) is 2.28. The van der Waals surface area contributed by atoms with E-state index in [4.69, 9.17) is 4.74 Å². The zero-order valence-electron chi connectivity index (χ0n) is 11.4. The molecule has 0 aliphatic carbocycles. The highest BCUT2D eigenvalue weighted by Gasteiger charge is 2.20. The summed E-state index contributed by atoms with van der Waals surface area (Å²) >= 11 is 0. The summed E-state index contributed by atoms with van der Waals surface area (Å²) < 4.78 is 5.52. The molecule has 18 heavy (non-hydrogen) atoms. The first kappa shape index (κ1) is 13.4. The van der Waals surface area contributed by atoms with Crippen molar-refractivity contribution in [3.8, 4) is 0 Å². The molecule has 1 saturated heterocycles. The van der Waals surface area contributed by atoms with Gasteiger partial charge in [-0.2, -0.15) is 0 Å². The number of hydrogen-bond acceptors (Lipinski definition) is 3. The molecule has 0 spiro atoms.